The first-order chi connectivity index (χ1) is 9.85. The molecule has 2 fully saturated rings. The summed E-state index contributed by atoms with van der Waals surface area (Å²) in [5.74, 6) is 0.996. The fourth-order valence-corrected chi connectivity index (χ4v) is 3.82. The monoisotopic (exact) mass is 272 g/mol. The second-order valence-corrected chi connectivity index (χ2v) is 6.27. The third-order valence-electron chi connectivity index (χ3n) is 5.12. The zero-order valence-electron chi connectivity index (χ0n) is 11.7. The molecule has 4 rings (SSSR count). The van der Waals surface area contributed by atoms with E-state index in [-0.39, 0.29) is 0 Å². The molecule has 0 bridgehead atoms. The Hall–Kier alpha value is -1.72. The van der Waals surface area contributed by atoms with Crippen molar-refractivity contribution in [3.05, 3.63) is 12.1 Å². The van der Waals surface area contributed by atoms with E-state index in [2.05, 4.69) is 25.5 Å². The Bertz CT molecular complexity index is 590. The minimum atomic E-state index is 0.633. The number of hydrogen-bond donors (Lipinski definition) is 0. The molecule has 0 N–H and O–H groups in total. The molecule has 1 aliphatic carbocycles. The number of tetrazole rings is 1. The first kappa shape index (κ1) is 12.1. The highest BCUT2D eigenvalue weighted by Crippen LogP contribution is 2.44. The standard InChI is InChI=1S/C14H20N6/c1-2-6-14(7-3-1)8-10-19(11-9-14)13-5-4-12-15-17-18-20(12)16-13/h4-5H,1-3,6-11H2. The summed E-state index contributed by atoms with van der Waals surface area (Å²) in [5, 5.41) is 15.9. The Morgan fingerprint density at radius 2 is 1.75 bits per heavy atom. The van der Waals surface area contributed by atoms with E-state index in [1.165, 1.54) is 49.6 Å². The van der Waals surface area contributed by atoms with E-state index in [0.29, 0.717) is 11.1 Å². The predicted molar refractivity (Wildman–Crippen MR) is 75.5 cm³/mol. The summed E-state index contributed by atoms with van der Waals surface area (Å²) in [6.45, 7) is 2.22. The molecule has 2 aromatic rings. The lowest BCUT2D eigenvalue weighted by atomic mass is 9.68. The van der Waals surface area contributed by atoms with Gasteiger partial charge in [-0.2, -0.15) is 0 Å². The average molecular weight is 272 g/mol. The van der Waals surface area contributed by atoms with Crippen LogP contribution in [0.4, 0.5) is 5.82 Å². The molecule has 6 heteroatoms. The van der Waals surface area contributed by atoms with Crippen LogP contribution in [0.15, 0.2) is 12.1 Å². The van der Waals surface area contributed by atoms with Crippen LogP contribution in [0.1, 0.15) is 44.9 Å². The van der Waals surface area contributed by atoms with E-state index >= 15 is 0 Å². The first-order valence-corrected chi connectivity index (χ1v) is 7.65. The lowest BCUT2D eigenvalue weighted by Gasteiger charge is -2.44. The van der Waals surface area contributed by atoms with Gasteiger partial charge in [0.2, 0.25) is 0 Å². The molecule has 0 unspecified atom stereocenters. The smallest absolute Gasteiger partial charge is 0.200 e. The van der Waals surface area contributed by atoms with E-state index < -0.39 is 0 Å². The number of hydrogen-bond acceptors (Lipinski definition) is 5. The van der Waals surface area contributed by atoms with Gasteiger partial charge < -0.3 is 4.90 Å². The highest BCUT2D eigenvalue weighted by Gasteiger charge is 2.35. The number of nitrogens with zero attached hydrogens (tertiary/aromatic N) is 6. The van der Waals surface area contributed by atoms with Crippen LogP contribution in [-0.4, -0.2) is 38.3 Å². The minimum absolute atomic E-state index is 0.633. The lowest BCUT2D eigenvalue weighted by Crippen LogP contribution is -2.41. The molecule has 0 amide bonds. The van der Waals surface area contributed by atoms with Crippen LogP contribution in [0.2, 0.25) is 0 Å². The van der Waals surface area contributed by atoms with Crippen molar-refractivity contribution in [3.63, 3.8) is 0 Å². The van der Waals surface area contributed by atoms with E-state index in [0.717, 1.165) is 18.9 Å². The molecule has 1 saturated heterocycles. The predicted octanol–water partition coefficient (Wildman–Crippen LogP) is 2.07. The van der Waals surface area contributed by atoms with Gasteiger partial charge in [-0.05, 0) is 53.7 Å². The molecule has 6 nitrogen and oxygen atoms in total. The largest absolute Gasteiger partial charge is 0.355 e. The van der Waals surface area contributed by atoms with Gasteiger partial charge in [-0.25, -0.2) is 0 Å². The Morgan fingerprint density at radius 1 is 0.950 bits per heavy atom. The molecule has 0 atom stereocenters. The Kier molecular flexibility index (Phi) is 2.82. The summed E-state index contributed by atoms with van der Waals surface area (Å²) in [4.78, 5) is 2.38. The van der Waals surface area contributed by atoms with Crippen LogP contribution in [0.5, 0.6) is 0 Å². The van der Waals surface area contributed by atoms with Gasteiger partial charge in [0.15, 0.2) is 11.5 Å². The maximum Gasteiger partial charge on any atom is 0.200 e. The van der Waals surface area contributed by atoms with Crippen molar-refractivity contribution < 1.29 is 0 Å². The van der Waals surface area contributed by atoms with E-state index in [4.69, 9.17) is 0 Å². The van der Waals surface area contributed by atoms with Gasteiger partial charge in [0.05, 0.1) is 0 Å². The van der Waals surface area contributed by atoms with Crippen LogP contribution in [-0.2, 0) is 0 Å². The van der Waals surface area contributed by atoms with Crippen LogP contribution >= 0.6 is 0 Å². The first-order valence-electron chi connectivity index (χ1n) is 7.65. The van der Waals surface area contributed by atoms with Gasteiger partial charge in [-0.1, -0.05) is 19.3 Å². The van der Waals surface area contributed by atoms with Crippen molar-refractivity contribution in [2.45, 2.75) is 44.9 Å². The molecule has 1 spiro atoms. The molecule has 2 aromatic heterocycles. The van der Waals surface area contributed by atoms with Gasteiger partial charge >= 0.3 is 0 Å². The zero-order valence-corrected chi connectivity index (χ0v) is 11.7. The summed E-state index contributed by atoms with van der Waals surface area (Å²) in [6, 6.07) is 3.97. The minimum Gasteiger partial charge on any atom is -0.355 e. The van der Waals surface area contributed by atoms with Crippen molar-refractivity contribution in [1.82, 2.24) is 25.3 Å². The van der Waals surface area contributed by atoms with Gasteiger partial charge in [0.25, 0.3) is 0 Å². The maximum atomic E-state index is 4.50. The molecule has 0 aromatic carbocycles. The van der Waals surface area contributed by atoms with E-state index in [9.17, 15) is 0 Å². The Labute approximate surface area is 118 Å². The maximum absolute atomic E-state index is 4.50. The number of fused-ring (bicyclic) bond motifs is 1. The second kappa shape index (κ2) is 4.68. The van der Waals surface area contributed by atoms with Gasteiger partial charge in [0.1, 0.15) is 0 Å². The quantitative estimate of drug-likeness (QED) is 0.795. The molecule has 2 aliphatic rings. The SMILES string of the molecule is c1cc2nnnn2nc1N1CCC2(CCCCC2)CC1. The van der Waals surface area contributed by atoms with Crippen LogP contribution in [0.25, 0.3) is 5.65 Å². The summed E-state index contributed by atoms with van der Waals surface area (Å²) >= 11 is 0. The number of anilines is 1. The van der Waals surface area contributed by atoms with Crippen molar-refractivity contribution in [3.8, 4) is 0 Å². The Morgan fingerprint density at radius 3 is 2.55 bits per heavy atom. The average Bonchev–Trinajstić information content (AvgIpc) is 2.96. The van der Waals surface area contributed by atoms with Crippen molar-refractivity contribution in [1.29, 1.82) is 0 Å². The van der Waals surface area contributed by atoms with Gasteiger partial charge in [-0.15, -0.1) is 14.8 Å². The van der Waals surface area contributed by atoms with Crippen molar-refractivity contribution in [2.24, 2.45) is 5.41 Å². The summed E-state index contributed by atoms with van der Waals surface area (Å²) in [7, 11) is 0. The van der Waals surface area contributed by atoms with Gasteiger partial charge in [0, 0.05) is 13.1 Å². The van der Waals surface area contributed by atoms with Crippen molar-refractivity contribution >= 4 is 11.5 Å². The summed E-state index contributed by atoms with van der Waals surface area (Å²) in [6.07, 6.45) is 9.76. The second-order valence-electron chi connectivity index (χ2n) is 6.27. The molecule has 1 aliphatic heterocycles. The fraction of sp³-hybridized carbons (Fsp3) is 0.714. The molecular formula is C14H20N6. The molecule has 20 heavy (non-hydrogen) atoms. The molecular weight excluding hydrogens is 252 g/mol. The molecule has 3 heterocycles. The highest BCUT2D eigenvalue weighted by atomic mass is 15.6. The zero-order chi connectivity index (χ0) is 13.4. The van der Waals surface area contributed by atoms with E-state index in [1.54, 1.807) is 0 Å². The molecule has 106 valence electrons. The summed E-state index contributed by atoms with van der Waals surface area (Å²) < 4.78 is 1.51. The highest BCUT2D eigenvalue weighted by molar-refractivity contribution is 5.44. The van der Waals surface area contributed by atoms with Gasteiger partial charge in [-0.3, -0.25) is 0 Å². The molecule has 1 saturated carbocycles. The normalized spacial score (nSPS) is 22.5. The van der Waals surface area contributed by atoms with E-state index in [1.807, 2.05) is 12.1 Å². The third kappa shape index (κ3) is 2.03. The topological polar surface area (TPSA) is 59.2 Å². The molecule has 0 radical (unpaired) electrons. The lowest BCUT2D eigenvalue weighted by molar-refractivity contribution is 0.144. The number of aromatic nitrogens is 5. The number of piperidine rings is 1. The third-order valence-corrected chi connectivity index (χ3v) is 5.12. The summed E-state index contributed by atoms with van der Waals surface area (Å²) in [5.41, 5.74) is 1.34. The van der Waals surface area contributed by atoms with Crippen LogP contribution in [0.3, 0.4) is 0 Å². The van der Waals surface area contributed by atoms with Crippen molar-refractivity contribution in [2.75, 3.05) is 18.0 Å². The Balaban J connectivity index is 1.50. The van der Waals surface area contributed by atoms with Crippen LogP contribution in [0, 0.1) is 5.41 Å². The number of rotatable bonds is 1. The fourth-order valence-electron chi connectivity index (χ4n) is 3.82. The van der Waals surface area contributed by atoms with Crippen LogP contribution < -0.4 is 4.90 Å².